The van der Waals surface area contributed by atoms with Gasteiger partial charge in [0.25, 0.3) is 5.91 Å². The summed E-state index contributed by atoms with van der Waals surface area (Å²) in [5, 5.41) is 3.02. The molecule has 168 valence electrons. The average Bonchev–Trinajstić information content (AvgIpc) is 3.00. The largest absolute Gasteiger partial charge is 0.352 e. The van der Waals surface area contributed by atoms with Gasteiger partial charge in [0.2, 0.25) is 5.91 Å². The molecule has 1 N–H and O–H groups in total. The normalized spacial score (nSPS) is 20.1. The van der Waals surface area contributed by atoms with Gasteiger partial charge < -0.3 is 5.32 Å². The van der Waals surface area contributed by atoms with Crippen LogP contribution in [0.25, 0.3) is 0 Å². The Bertz CT molecular complexity index is 968. The molecule has 7 nitrogen and oxygen atoms in total. The number of anilines is 1. The molecule has 1 atom stereocenters. The summed E-state index contributed by atoms with van der Waals surface area (Å²) < 4.78 is 0. The van der Waals surface area contributed by atoms with E-state index < -0.39 is 12.1 Å². The fourth-order valence-corrected chi connectivity index (χ4v) is 4.40. The number of carbonyl (C=O) groups excluding carboxylic acids is 3. The minimum Gasteiger partial charge on any atom is -0.352 e. The van der Waals surface area contributed by atoms with Gasteiger partial charge in [0.1, 0.15) is 12.6 Å². The molecule has 7 heteroatoms. The van der Waals surface area contributed by atoms with Gasteiger partial charge >= 0.3 is 6.03 Å². The van der Waals surface area contributed by atoms with Crippen LogP contribution in [0.1, 0.15) is 30.9 Å². The van der Waals surface area contributed by atoms with Gasteiger partial charge in [-0.15, -0.1) is 0 Å². The molecule has 4 rings (SSSR count). The van der Waals surface area contributed by atoms with Gasteiger partial charge in [-0.3, -0.25) is 24.3 Å². The van der Waals surface area contributed by atoms with Crippen molar-refractivity contribution in [3.8, 4) is 0 Å². The van der Waals surface area contributed by atoms with E-state index in [0.29, 0.717) is 5.69 Å². The average molecular weight is 435 g/mol. The Kier molecular flexibility index (Phi) is 6.55. The zero-order chi connectivity index (χ0) is 22.7. The highest BCUT2D eigenvalue weighted by atomic mass is 16.2. The van der Waals surface area contributed by atoms with Crippen LogP contribution in [0, 0.1) is 6.92 Å². The summed E-state index contributed by atoms with van der Waals surface area (Å²) in [4.78, 5) is 43.1. The SMILES string of the molecule is Cc1ccc(N2C(=O)N(CC(=O)NC3CCN(Cc4ccccc4)CC3)C(=O)C2C)cc1. The lowest BCUT2D eigenvalue weighted by Crippen LogP contribution is -2.48. The quantitative estimate of drug-likeness (QED) is 0.710. The van der Waals surface area contributed by atoms with Crippen LogP contribution >= 0.6 is 0 Å². The first kappa shape index (κ1) is 22.0. The second-order valence-electron chi connectivity index (χ2n) is 8.69. The molecular weight excluding hydrogens is 404 g/mol. The Morgan fingerprint density at radius 1 is 1.00 bits per heavy atom. The lowest BCUT2D eigenvalue weighted by molar-refractivity contribution is -0.132. The van der Waals surface area contributed by atoms with Crippen LogP contribution in [-0.4, -0.2) is 59.4 Å². The van der Waals surface area contributed by atoms with Crippen molar-refractivity contribution in [3.63, 3.8) is 0 Å². The van der Waals surface area contributed by atoms with E-state index in [-0.39, 0.29) is 24.4 Å². The second-order valence-corrected chi connectivity index (χ2v) is 8.69. The first-order valence-electron chi connectivity index (χ1n) is 11.2. The van der Waals surface area contributed by atoms with E-state index in [1.165, 1.54) is 10.5 Å². The number of likely N-dealkylation sites (tertiary alicyclic amines) is 1. The van der Waals surface area contributed by atoms with Gasteiger partial charge in [0.05, 0.1) is 0 Å². The zero-order valence-corrected chi connectivity index (χ0v) is 18.7. The third-order valence-corrected chi connectivity index (χ3v) is 6.26. The molecule has 2 aromatic carbocycles. The minimum atomic E-state index is -0.626. The van der Waals surface area contributed by atoms with Gasteiger partial charge in [-0.05, 0) is 44.4 Å². The molecule has 32 heavy (non-hydrogen) atoms. The number of hydrogen-bond donors (Lipinski definition) is 1. The molecule has 2 fully saturated rings. The van der Waals surface area contributed by atoms with Crippen LogP contribution in [0.5, 0.6) is 0 Å². The summed E-state index contributed by atoms with van der Waals surface area (Å²) >= 11 is 0. The zero-order valence-electron chi connectivity index (χ0n) is 18.7. The molecule has 0 radical (unpaired) electrons. The number of rotatable bonds is 6. The highest BCUT2D eigenvalue weighted by Gasteiger charge is 2.44. The van der Waals surface area contributed by atoms with Crippen molar-refractivity contribution in [3.05, 3.63) is 65.7 Å². The summed E-state index contributed by atoms with van der Waals surface area (Å²) in [6, 6.07) is 16.8. The fourth-order valence-electron chi connectivity index (χ4n) is 4.40. The van der Waals surface area contributed by atoms with Crippen LogP contribution in [0.3, 0.4) is 0 Å². The number of carbonyl (C=O) groups is 3. The Morgan fingerprint density at radius 2 is 1.66 bits per heavy atom. The number of amides is 4. The Balaban J connectivity index is 1.29. The van der Waals surface area contributed by atoms with Crippen molar-refractivity contribution < 1.29 is 14.4 Å². The third-order valence-electron chi connectivity index (χ3n) is 6.26. The van der Waals surface area contributed by atoms with Gasteiger partial charge in [-0.25, -0.2) is 4.79 Å². The number of imide groups is 1. The molecule has 2 aliphatic rings. The van der Waals surface area contributed by atoms with Crippen molar-refractivity contribution >= 4 is 23.5 Å². The molecule has 1 unspecified atom stereocenters. The molecule has 0 saturated carbocycles. The monoisotopic (exact) mass is 434 g/mol. The molecule has 2 saturated heterocycles. The van der Waals surface area contributed by atoms with E-state index in [1.807, 2.05) is 49.4 Å². The lowest BCUT2D eigenvalue weighted by Gasteiger charge is -2.32. The van der Waals surface area contributed by atoms with Crippen molar-refractivity contribution in [1.82, 2.24) is 15.1 Å². The maximum Gasteiger partial charge on any atom is 0.332 e. The van der Waals surface area contributed by atoms with E-state index in [0.717, 1.165) is 42.9 Å². The molecule has 0 spiro atoms. The van der Waals surface area contributed by atoms with E-state index in [1.54, 1.807) is 6.92 Å². The maximum absolute atomic E-state index is 12.9. The number of benzene rings is 2. The number of urea groups is 1. The van der Waals surface area contributed by atoms with Crippen LogP contribution in [0.15, 0.2) is 54.6 Å². The predicted molar refractivity (Wildman–Crippen MR) is 123 cm³/mol. The number of piperidine rings is 1. The molecular formula is C25H30N4O3. The standard InChI is InChI=1S/C25H30N4O3/c1-18-8-10-22(11-9-18)29-19(2)24(31)28(25(29)32)17-23(30)26-21-12-14-27(15-13-21)16-20-6-4-3-5-7-20/h3-11,19,21H,12-17H2,1-2H3,(H,26,30). The van der Waals surface area contributed by atoms with Gasteiger partial charge in [0.15, 0.2) is 0 Å². The number of hydrogen-bond acceptors (Lipinski definition) is 4. The Hall–Kier alpha value is -3.19. The maximum atomic E-state index is 12.9. The highest BCUT2D eigenvalue weighted by Crippen LogP contribution is 2.26. The summed E-state index contributed by atoms with van der Waals surface area (Å²) in [6.07, 6.45) is 1.71. The minimum absolute atomic E-state index is 0.0629. The Labute approximate surface area is 189 Å². The summed E-state index contributed by atoms with van der Waals surface area (Å²) in [7, 11) is 0. The summed E-state index contributed by atoms with van der Waals surface area (Å²) in [6.45, 7) is 6.13. The number of aryl methyl sites for hydroxylation is 1. The van der Waals surface area contributed by atoms with Gasteiger partial charge in [0, 0.05) is 31.4 Å². The predicted octanol–water partition coefficient (Wildman–Crippen LogP) is 2.93. The molecule has 0 aliphatic carbocycles. The van der Waals surface area contributed by atoms with Crippen molar-refractivity contribution in [1.29, 1.82) is 0 Å². The van der Waals surface area contributed by atoms with Crippen molar-refractivity contribution in [2.24, 2.45) is 0 Å². The van der Waals surface area contributed by atoms with Crippen LogP contribution in [0.4, 0.5) is 10.5 Å². The third kappa shape index (κ3) is 4.83. The molecule has 2 aliphatic heterocycles. The molecule has 0 aromatic heterocycles. The van der Waals surface area contributed by atoms with Crippen LogP contribution in [0.2, 0.25) is 0 Å². The topological polar surface area (TPSA) is 73.0 Å². The van der Waals surface area contributed by atoms with E-state index in [4.69, 9.17) is 0 Å². The van der Waals surface area contributed by atoms with Crippen molar-refractivity contribution in [2.45, 2.75) is 45.3 Å². The summed E-state index contributed by atoms with van der Waals surface area (Å²) in [5.41, 5.74) is 3.02. The van der Waals surface area contributed by atoms with Crippen molar-refractivity contribution in [2.75, 3.05) is 24.5 Å². The second kappa shape index (κ2) is 9.53. The summed E-state index contributed by atoms with van der Waals surface area (Å²) in [5.74, 6) is -0.630. The van der Waals surface area contributed by atoms with Gasteiger partial charge in [-0.1, -0.05) is 48.0 Å². The van der Waals surface area contributed by atoms with E-state index >= 15 is 0 Å². The lowest BCUT2D eigenvalue weighted by atomic mass is 10.0. The molecule has 4 amide bonds. The number of nitrogens with one attached hydrogen (secondary N) is 1. The van der Waals surface area contributed by atoms with Gasteiger partial charge in [-0.2, -0.15) is 0 Å². The van der Waals surface area contributed by atoms with Crippen LogP contribution < -0.4 is 10.2 Å². The fraction of sp³-hybridized carbons (Fsp3) is 0.400. The Morgan fingerprint density at radius 3 is 2.31 bits per heavy atom. The first-order valence-corrected chi connectivity index (χ1v) is 11.2. The molecule has 2 aromatic rings. The smallest absolute Gasteiger partial charge is 0.332 e. The molecule has 2 heterocycles. The number of nitrogens with zero attached hydrogens (tertiary/aromatic N) is 3. The molecule has 0 bridgehead atoms. The van der Waals surface area contributed by atoms with E-state index in [9.17, 15) is 14.4 Å². The van der Waals surface area contributed by atoms with Crippen LogP contribution in [-0.2, 0) is 16.1 Å². The van der Waals surface area contributed by atoms with E-state index in [2.05, 4.69) is 22.3 Å². The first-order chi connectivity index (χ1) is 15.4. The highest BCUT2D eigenvalue weighted by molar-refractivity contribution is 6.15.